The molecule has 1 aliphatic carbocycles. The molecule has 5 nitrogen and oxygen atoms in total. The number of aromatic nitrogens is 1. The highest BCUT2D eigenvalue weighted by atomic mass is 16.5. The first kappa shape index (κ1) is 14.9. The molecular formula is C15H25N3O2. The third-order valence-corrected chi connectivity index (χ3v) is 3.68. The summed E-state index contributed by atoms with van der Waals surface area (Å²) in [4.78, 5) is 4.43. The van der Waals surface area contributed by atoms with Crippen molar-refractivity contribution in [3.8, 4) is 5.88 Å². The van der Waals surface area contributed by atoms with Gasteiger partial charge in [-0.15, -0.1) is 0 Å². The average molecular weight is 279 g/mol. The first-order chi connectivity index (χ1) is 9.54. The van der Waals surface area contributed by atoms with Gasteiger partial charge in [0.2, 0.25) is 5.88 Å². The third kappa shape index (κ3) is 4.00. The van der Waals surface area contributed by atoms with Crippen LogP contribution < -0.4 is 15.8 Å². The molecular weight excluding hydrogens is 254 g/mol. The Morgan fingerprint density at radius 3 is 2.75 bits per heavy atom. The molecule has 1 aromatic heterocycles. The molecule has 0 bridgehead atoms. The smallest absolute Gasteiger partial charge is 0.239 e. The number of nitrogen functional groups attached to an aromatic ring is 1. The standard InChI is InChI=1S/C15H25N3O2/c1-11(2)20-14-12(16)4-5-13(18-14)17-10-15(6-7-15)8-9-19-3/h4-5,11H,6-10,16H2,1-3H3,(H,17,18). The SMILES string of the molecule is COCCC1(CNc2ccc(N)c(OC(C)C)n2)CC1. The van der Waals surface area contributed by atoms with E-state index in [0.717, 1.165) is 25.4 Å². The molecule has 1 heterocycles. The molecule has 0 radical (unpaired) electrons. The average Bonchev–Trinajstić information content (AvgIpc) is 3.17. The summed E-state index contributed by atoms with van der Waals surface area (Å²) < 4.78 is 10.8. The minimum Gasteiger partial charge on any atom is -0.473 e. The van der Waals surface area contributed by atoms with Gasteiger partial charge in [-0.25, -0.2) is 0 Å². The largest absolute Gasteiger partial charge is 0.473 e. The molecule has 20 heavy (non-hydrogen) atoms. The summed E-state index contributed by atoms with van der Waals surface area (Å²) in [5.74, 6) is 1.32. The Balaban J connectivity index is 1.93. The highest BCUT2D eigenvalue weighted by Crippen LogP contribution is 2.48. The minimum absolute atomic E-state index is 0.0662. The van der Waals surface area contributed by atoms with Gasteiger partial charge in [0.05, 0.1) is 11.8 Å². The molecule has 0 spiro atoms. The zero-order valence-corrected chi connectivity index (χ0v) is 12.6. The van der Waals surface area contributed by atoms with Gasteiger partial charge in [0.15, 0.2) is 0 Å². The topological polar surface area (TPSA) is 69.4 Å². The quantitative estimate of drug-likeness (QED) is 0.765. The lowest BCUT2D eigenvalue weighted by atomic mass is 10.0. The lowest BCUT2D eigenvalue weighted by Crippen LogP contribution is -2.18. The highest BCUT2D eigenvalue weighted by Gasteiger charge is 2.41. The number of hydrogen-bond donors (Lipinski definition) is 2. The van der Waals surface area contributed by atoms with Crippen molar-refractivity contribution in [3.05, 3.63) is 12.1 Å². The first-order valence-corrected chi connectivity index (χ1v) is 7.21. The second-order valence-electron chi connectivity index (χ2n) is 5.85. The summed E-state index contributed by atoms with van der Waals surface area (Å²) in [5.41, 5.74) is 6.83. The monoisotopic (exact) mass is 279 g/mol. The fraction of sp³-hybridized carbons (Fsp3) is 0.667. The van der Waals surface area contributed by atoms with E-state index < -0.39 is 0 Å². The summed E-state index contributed by atoms with van der Waals surface area (Å²) >= 11 is 0. The number of rotatable bonds is 8. The summed E-state index contributed by atoms with van der Waals surface area (Å²) in [6.45, 7) is 5.67. The lowest BCUT2D eigenvalue weighted by Gasteiger charge is -2.17. The Bertz CT molecular complexity index is 445. The van der Waals surface area contributed by atoms with Gasteiger partial charge in [-0.3, -0.25) is 0 Å². The van der Waals surface area contributed by atoms with Gasteiger partial charge in [-0.05, 0) is 50.7 Å². The molecule has 0 saturated heterocycles. The second-order valence-corrected chi connectivity index (χ2v) is 5.85. The van der Waals surface area contributed by atoms with E-state index in [1.807, 2.05) is 26.0 Å². The molecule has 3 N–H and O–H groups in total. The number of methoxy groups -OCH3 is 1. The number of pyridine rings is 1. The molecule has 5 heteroatoms. The Kier molecular flexibility index (Phi) is 4.70. The van der Waals surface area contributed by atoms with Crippen LogP contribution in [0.1, 0.15) is 33.1 Å². The lowest BCUT2D eigenvalue weighted by molar-refractivity contribution is 0.175. The minimum atomic E-state index is 0.0662. The Morgan fingerprint density at radius 2 is 2.15 bits per heavy atom. The van der Waals surface area contributed by atoms with Crippen LogP contribution >= 0.6 is 0 Å². The van der Waals surface area contributed by atoms with E-state index in [2.05, 4.69) is 10.3 Å². The Labute approximate surface area is 120 Å². The molecule has 0 aliphatic heterocycles. The van der Waals surface area contributed by atoms with Crippen LogP contribution in [0.4, 0.5) is 11.5 Å². The molecule has 1 aromatic rings. The van der Waals surface area contributed by atoms with Gasteiger partial charge in [0.1, 0.15) is 5.82 Å². The number of hydrogen-bond acceptors (Lipinski definition) is 5. The fourth-order valence-corrected chi connectivity index (χ4v) is 2.16. The number of nitrogens with two attached hydrogens (primary N) is 1. The van der Waals surface area contributed by atoms with Crippen LogP contribution in [0.2, 0.25) is 0 Å². The van der Waals surface area contributed by atoms with Crippen molar-refractivity contribution in [1.82, 2.24) is 4.98 Å². The van der Waals surface area contributed by atoms with E-state index >= 15 is 0 Å². The van der Waals surface area contributed by atoms with Crippen molar-refractivity contribution in [2.75, 3.05) is 31.3 Å². The maximum Gasteiger partial charge on any atom is 0.239 e. The van der Waals surface area contributed by atoms with Gasteiger partial charge in [0.25, 0.3) is 0 Å². The van der Waals surface area contributed by atoms with Gasteiger partial charge in [0, 0.05) is 20.3 Å². The zero-order chi connectivity index (χ0) is 14.6. The predicted molar refractivity (Wildman–Crippen MR) is 81.1 cm³/mol. The molecule has 0 unspecified atom stereocenters. The van der Waals surface area contributed by atoms with Crippen LogP contribution in [0.15, 0.2) is 12.1 Å². The van der Waals surface area contributed by atoms with Crippen LogP contribution in [-0.4, -0.2) is 31.3 Å². The van der Waals surface area contributed by atoms with E-state index in [1.165, 1.54) is 12.8 Å². The van der Waals surface area contributed by atoms with Crippen molar-refractivity contribution in [1.29, 1.82) is 0 Å². The summed E-state index contributed by atoms with van der Waals surface area (Å²) in [5, 5.41) is 3.39. The molecule has 2 rings (SSSR count). The van der Waals surface area contributed by atoms with Crippen LogP contribution in [0.3, 0.4) is 0 Å². The first-order valence-electron chi connectivity index (χ1n) is 7.21. The van der Waals surface area contributed by atoms with Crippen molar-refractivity contribution in [2.24, 2.45) is 5.41 Å². The molecule has 0 amide bonds. The van der Waals surface area contributed by atoms with Crippen LogP contribution in [0, 0.1) is 5.41 Å². The summed E-state index contributed by atoms with van der Waals surface area (Å²) in [6.07, 6.45) is 3.68. The normalized spacial score (nSPS) is 16.2. The number of anilines is 2. The predicted octanol–water partition coefficient (Wildman–Crippen LogP) is 2.68. The molecule has 1 fully saturated rings. The van der Waals surface area contributed by atoms with E-state index in [-0.39, 0.29) is 6.10 Å². The van der Waals surface area contributed by atoms with Crippen LogP contribution in [-0.2, 0) is 4.74 Å². The fourth-order valence-electron chi connectivity index (χ4n) is 2.16. The molecule has 0 atom stereocenters. The van der Waals surface area contributed by atoms with Crippen molar-refractivity contribution in [2.45, 2.75) is 39.2 Å². The van der Waals surface area contributed by atoms with Gasteiger partial charge in [-0.1, -0.05) is 0 Å². The number of ether oxygens (including phenoxy) is 2. The maximum atomic E-state index is 5.87. The van der Waals surface area contributed by atoms with Gasteiger partial charge < -0.3 is 20.5 Å². The Morgan fingerprint density at radius 1 is 1.40 bits per heavy atom. The Hall–Kier alpha value is -1.49. The van der Waals surface area contributed by atoms with E-state index in [4.69, 9.17) is 15.2 Å². The van der Waals surface area contributed by atoms with E-state index in [9.17, 15) is 0 Å². The van der Waals surface area contributed by atoms with Gasteiger partial charge in [-0.2, -0.15) is 4.98 Å². The maximum absolute atomic E-state index is 5.87. The molecule has 1 saturated carbocycles. The molecule has 1 aliphatic rings. The van der Waals surface area contributed by atoms with E-state index in [1.54, 1.807) is 7.11 Å². The third-order valence-electron chi connectivity index (χ3n) is 3.68. The van der Waals surface area contributed by atoms with E-state index in [0.29, 0.717) is 17.0 Å². The number of nitrogens with one attached hydrogen (secondary N) is 1. The zero-order valence-electron chi connectivity index (χ0n) is 12.6. The van der Waals surface area contributed by atoms with Crippen molar-refractivity contribution in [3.63, 3.8) is 0 Å². The highest BCUT2D eigenvalue weighted by molar-refractivity contribution is 5.53. The molecule has 112 valence electrons. The van der Waals surface area contributed by atoms with Crippen LogP contribution in [0.5, 0.6) is 5.88 Å². The van der Waals surface area contributed by atoms with Crippen LogP contribution in [0.25, 0.3) is 0 Å². The summed E-state index contributed by atoms with van der Waals surface area (Å²) in [6, 6.07) is 3.73. The summed E-state index contributed by atoms with van der Waals surface area (Å²) in [7, 11) is 1.75. The van der Waals surface area contributed by atoms with Gasteiger partial charge >= 0.3 is 0 Å². The van der Waals surface area contributed by atoms with Crippen molar-refractivity contribution >= 4 is 11.5 Å². The second kappa shape index (κ2) is 6.31. The molecule has 0 aromatic carbocycles. The van der Waals surface area contributed by atoms with Crippen molar-refractivity contribution < 1.29 is 9.47 Å². The number of nitrogens with zero attached hydrogens (tertiary/aromatic N) is 1.